The first-order chi connectivity index (χ1) is 12.6. The summed E-state index contributed by atoms with van der Waals surface area (Å²) in [5, 5.41) is 12.7. The Hall–Kier alpha value is -2.89. The first kappa shape index (κ1) is 16.6. The highest BCUT2D eigenvalue weighted by molar-refractivity contribution is 6.08. The number of carbonyl (C=O) groups is 1. The number of benzene rings is 1. The smallest absolute Gasteiger partial charge is 0.256 e. The Kier molecular flexibility index (Phi) is 4.32. The first-order valence-corrected chi connectivity index (χ1v) is 9.05. The summed E-state index contributed by atoms with van der Waals surface area (Å²) in [5.74, 6) is 0.918. The third kappa shape index (κ3) is 3.14. The fraction of sp³-hybridized carbons (Fsp3) is 0.350. The molecule has 2 N–H and O–H groups in total. The maximum atomic E-state index is 13.1. The zero-order valence-electron chi connectivity index (χ0n) is 15.1. The summed E-state index contributed by atoms with van der Waals surface area (Å²) in [5.41, 5.74) is 3.66. The molecule has 1 saturated heterocycles. The number of likely N-dealkylation sites (tertiary alicyclic amines) is 1. The van der Waals surface area contributed by atoms with Gasteiger partial charge in [-0.05, 0) is 44.9 Å². The van der Waals surface area contributed by atoms with Crippen molar-refractivity contribution in [3.63, 3.8) is 0 Å². The zero-order valence-corrected chi connectivity index (χ0v) is 15.1. The first-order valence-electron chi connectivity index (χ1n) is 9.05. The fourth-order valence-corrected chi connectivity index (χ4v) is 3.62. The van der Waals surface area contributed by atoms with Gasteiger partial charge in [0.15, 0.2) is 0 Å². The molecule has 0 atom stereocenters. The Morgan fingerprint density at radius 3 is 2.62 bits per heavy atom. The number of aromatic nitrogens is 3. The maximum absolute atomic E-state index is 13.1. The summed E-state index contributed by atoms with van der Waals surface area (Å²) in [4.78, 5) is 18.3. The van der Waals surface area contributed by atoms with Crippen LogP contribution in [0.5, 0.6) is 0 Å². The number of aryl methyl sites for hydroxylation is 2. The van der Waals surface area contributed by atoms with Gasteiger partial charge in [-0.15, -0.1) is 5.10 Å². The lowest BCUT2D eigenvalue weighted by molar-refractivity contribution is 0.0719. The molecule has 0 unspecified atom stereocenters. The summed E-state index contributed by atoms with van der Waals surface area (Å²) in [6, 6.07) is 12.2. The molecule has 1 aliphatic rings. The zero-order chi connectivity index (χ0) is 18.1. The number of anilines is 1. The third-order valence-corrected chi connectivity index (χ3v) is 5.04. The van der Waals surface area contributed by atoms with Crippen LogP contribution in [0, 0.1) is 13.8 Å². The van der Waals surface area contributed by atoms with Gasteiger partial charge < -0.3 is 15.2 Å². The molecule has 1 amide bonds. The molecule has 1 aromatic carbocycles. The predicted octanol–water partition coefficient (Wildman–Crippen LogP) is 3.29. The lowest BCUT2D eigenvalue weighted by Crippen LogP contribution is -2.42. The van der Waals surface area contributed by atoms with Crippen molar-refractivity contribution in [1.82, 2.24) is 20.1 Å². The maximum Gasteiger partial charge on any atom is 0.256 e. The van der Waals surface area contributed by atoms with E-state index in [1.54, 1.807) is 0 Å². The molecule has 134 valence electrons. The molecule has 0 radical (unpaired) electrons. The number of H-pyrrole nitrogens is 1. The highest BCUT2D eigenvalue weighted by Crippen LogP contribution is 2.25. The quantitative estimate of drug-likeness (QED) is 0.761. The number of hydrogen-bond donors (Lipinski definition) is 2. The van der Waals surface area contributed by atoms with Gasteiger partial charge in [0.1, 0.15) is 5.82 Å². The molecule has 0 aliphatic carbocycles. The monoisotopic (exact) mass is 349 g/mol. The van der Waals surface area contributed by atoms with Crippen LogP contribution in [0.1, 0.15) is 34.6 Å². The number of carbonyl (C=O) groups excluding carboxylic acids is 1. The van der Waals surface area contributed by atoms with Gasteiger partial charge in [0.2, 0.25) is 0 Å². The highest BCUT2D eigenvalue weighted by atomic mass is 16.2. The molecule has 26 heavy (non-hydrogen) atoms. The minimum Gasteiger partial charge on any atom is -0.366 e. The number of rotatable bonds is 3. The second-order valence-electron chi connectivity index (χ2n) is 6.94. The van der Waals surface area contributed by atoms with Crippen LogP contribution in [0.3, 0.4) is 0 Å². The van der Waals surface area contributed by atoms with Crippen LogP contribution in [-0.4, -0.2) is 45.1 Å². The van der Waals surface area contributed by atoms with Crippen molar-refractivity contribution in [3.05, 3.63) is 53.3 Å². The fourth-order valence-electron chi connectivity index (χ4n) is 3.62. The van der Waals surface area contributed by atoms with Crippen LogP contribution in [-0.2, 0) is 0 Å². The standard InChI is InChI=1S/C20H23N5O/c1-13-7-8-18(24-23-13)22-15-9-11-25(12-10-15)20(26)19-14(2)21-17-6-4-3-5-16(17)19/h3-8,15,21H,9-12H2,1-2H3,(H,22,24). The van der Waals surface area contributed by atoms with E-state index >= 15 is 0 Å². The van der Waals surface area contributed by atoms with Gasteiger partial charge in [-0.2, -0.15) is 5.10 Å². The van der Waals surface area contributed by atoms with E-state index in [4.69, 9.17) is 0 Å². The number of nitrogens with one attached hydrogen (secondary N) is 2. The van der Waals surface area contributed by atoms with Gasteiger partial charge in [-0.1, -0.05) is 18.2 Å². The molecule has 4 rings (SSSR count). The predicted molar refractivity (Wildman–Crippen MR) is 102 cm³/mol. The van der Waals surface area contributed by atoms with E-state index in [0.717, 1.165) is 59.6 Å². The van der Waals surface area contributed by atoms with E-state index in [2.05, 4.69) is 20.5 Å². The molecule has 3 aromatic rings. The number of piperidine rings is 1. The minimum absolute atomic E-state index is 0.119. The summed E-state index contributed by atoms with van der Waals surface area (Å²) >= 11 is 0. The van der Waals surface area contributed by atoms with Crippen LogP contribution in [0.25, 0.3) is 10.9 Å². The third-order valence-electron chi connectivity index (χ3n) is 5.04. The molecule has 0 bridgehead atoms. The van der Waals surface area contributed by atoms with Crippen LogP contribution < -0.4 is 5.32 Å². The van der Waals surface area contributed by atoms with Crippen molar-refractivity contribution in [1.29, 1.82) is 0 Å². The van der Waals surface area contributed by atoms with E-state index in [1.807, 2.05) is 55.1 Å². The number of hydrogen-bond acceptors (Lipinski definition) is 4. The molecule has 6 nitrogen and oxygen atoms in total. The number of aromatic amines is 1. The lowest BCUT2D eigenvalue weighted by Gasteiger charge is -2.32. The van der Waals surface area contributed by atoms with Crippen LogP contribution in [0.2, 0.25) is 0 Å². The van der Waals surface area contributed by atoms with Crippen LogP contribution >= 0.6 is 0 Å². The van der Waals surface area contributed by atoms with Crippen LogP contribution in [0.15, 0.2) is 36.4 Å². The van der Waals surface area contributed by atoms with Crippen molar-refractivity contribution >= 4 is 22.6 Å². The van der Waals surface area contributed by atoms with Crippen molar-refractivity contribution in [2.75, 3.05) is 18.4 Å². The average molecular weight is 349 g/mol. The van der Waals surface area contributed by atoms with E-state index < -0.39 is 0 Å². The number of amides is 1. The molecule has 0 saturated carbocycles. The largest absolute Gasteiger partial charge is 0.366 e. The minimum atomic E-state index is 0.119. The van der Waals surface area contributed by atoms with Gasteiger partial charge in [0, 0.05) is 35.7 Å². The van der Waals surface area contributed by atoms with Gasteiger partial charge in [-0.25, -0.2) is 0 Å². The van der Waals surface area contributed by atoms with E-state index in [0.29, 0.717) is 6.04 Å². The molecule has 6 heteroatoms. The van der Waals surface area contributed by atoms with Gasteiger partial charge in [0.05, 0.1) is 11.3 Å². The Labute approximate surface area is 152 Å². The van der Waals surface area contributed by atoms with Gasteiger partial charge in [0.25, 0.3) is 5.91 Å². The molecular formula is C20H23N5O. The van der Waals surface area contributed by atoms with E-state index in [9.17, 15) is 4.79 Å². The molecule has 3 heterocycles. The molecule has 2 aromatic heterocycles. The van der Waals surface area contributed by atoms with Crippen molar-refractivity contribution in [2.45, 2.75) is 32.7 Å². The molecule has 1 fully saturated rings. The molecule has 1 aliphatic heterocycles. The number of fused-ring (bicyclic) bond motifs is 1. The lowest BCUT2D eigenvalue weighted by atomic mass is 10.0. The van der Waals surface area contributed by atoms with Crippen molar-refractivity contribution in [2.24, 2.45) is 0 Å². The van der Waals surface area contributed by atoms with Crippen LogP contribution in [0.4, 0.5) is 5.82 Å². The highest BCUT2D eigenvalue weighted by Gasteiger charge is 2.26. The Bertz CT molecular complexity index is 923. The number of nitrogens with zero attached hydrogens (tertiary/aromatic N) is 3. The molecule has 0 spiro atoms. The average Bonchev–Trinajstić information content (AvgIpc) is 2.99. The Morgan fingerprint density at radius 2 is 1.88 bits per heavy atom. The Balaban J connectivity index is 1.43. The molecular weight excluding hydrogens is 326 g/mol. The summed E-state index contributed by atoms with van der Waals surface area (Å²) in [6.07, 6.45) is 1.81. The second-order valence-corrected chi connectivity index (χ2v) is 6.94. The van der Waals surface area contributed by atoms with Gasteiger partial charge in [-0.3, -0.25) is 4.79 Å². The second kappa shape index (κ2) is 6.78. The van der Waals surface area contributed by atoms with E-state index in [-0.39, 0.29) is 5.91 Å². The van der Waals surface area contributed by atoms with Gasteiger partial charge >= 0.3 is 0 Å². The summed E-state index contributed by atoms with van der Waals surface area (Å²) in [7, 11) is 0. The number of para-hydroxylation sites is 1. The SMILES string of the molecule is Cc1ccc(NC2CCN(C(=O)c3c(C)[nH]c4ccccc34)CC2)nn1. The van der Waals surface area contributed by atoms with E-state index in [1.165, 1.54) is 0 Å². The summed E-state index contributed by atoms with van der Waals surface area (Å²) < 4.78 is 0. The normalized spacial score (nSPS) is 15.4. The van der Waals surface area contributed by atoms with Crippen molar-refractivity contribution in [3.8, 4) is 0 Å². The van der Waals surface area contributed by atoms with Crippen molar-refractivity contribution < 1.29 is 4.79 Å². The topological polar surface area (TPSA) is 73.9 Å². The summed E-state index contributed by atoms with van der Waals surface area (Å²) in [6.45, 7) is 5.38. The Morgan fingerprint density at radius 1 is 1.12 bits per heavy atom.